The highest BCUT2D eigenvalue weighted by Crippen LogP contribution is 2.35. The van der Waals surface area contributed by atoms with E-state index in [9.17, 15) is 9.59 Å². The van der Waals surface area contributed by atoms with Crippen LogP contribution in [0, 0.1) is 0 Å². The normalized spacial score (nSPS) is 16.9. The summed E-state index contributed by atoms with van der Waals surface area (Å²) >= 11 is 0. The van der Waals surface area contributed by atoms with Gasteiger partial charge in [-0.05, 0) is 30.5 Å². The molecular formula is C17H21NO5. The number of methoxy groups -OCH3 is 1. The van der Waals surface area contributed by atoms with Crippen LogP contribution in [0.4, 0.5) is 0 Å². The van der Waals surface area contributed by atoms with Crippen molar-refractivity contribution in [2.45, 2.75) is 18.3 Å². The summed E-state index contributed by atoms with van der Waals surface area (Å²) in [5.74, 6) is -0.771. The lowest BCUT2D eigenvalue weighted by molar-refractivity contribution is -0.131. The van der Waals surface area contributed by atoms with E-state index in [0.29, 0.717) is 19.8 Å². The van der Waals surface area contributed by atoms with E-state index in [1.54, 1.807) is 7.11 Å². The molecule has 0 saturated carbocycles. The Bertz CT molecular complexity index is 573. The number of carbonyl (C=O) groups excluding carboxylic acids is 1. The van der Waals surface area contributed by atoms with E-state index < -0.39 is 11.9 Å². The van der Waals surface area contributed by atoms with Gasteiger partial charge < -0.3 is 19.9 Å². The number of carbonyl (C=O) groups is 2. The maximum atomic E-state index is 11.8. The Labute approximate surface area is 135 Å². The van der Waals surface area contributed by atoms with Crippen molar-refractivity contribution in [2.75, 3.05) is 26.9 Å². The van der Waals surface area contributed by atoms with Crippen LogP contribution in [0.1, 0.15) is 18.4 Å². The van der Waals surface area contributed by atoms with Crippen LogP contribution in [0.5, 0.6) is 5.75 Å². The monoisotopic (exact) mass is 319 g/mol. The van der Waals surface area contributed by atoms with Crippen molar-refractivity contribution < 1.29 is 24.2 Å². The van der Waals surface area contributed by atoms with Crippen molar-refractivity contribution >= 4 is 11.9 Å². The van der Waals surface area contributed by atoms with Gasteiger partial charge in [-0.3, -0.25) is 4.79 Å². The molecule has 1 saturated heterocycles. The molecule has 0 atom stereocenters. The van der Waals surface area contributed by atoms with E-state index in [1.165, 1.54) is 0 Å². The van der Waals surface area contributed by atoms with E-state index in [2.05, 4.69) is 5.32 Å². The molecule has 0 radical (unpaired) electrons. The highest BCUT2D eigenvalue weighted by molar-refractivity contribution is 5.93. The van der Waals surface area contributed by atoms with Crippen molar-refractivity contribution in [1.82, 2.24) is 5.32 Å². The fourth-order valence-electron chi connectivity index (χ4n) is 2.74. The van der Waals surface area contributed by atoms with Crippen LogP contribution in [0.3, 0.4) is 0 Å². The smallest absolute Gasteiger partial charge is 0.328 e. The number of nitrogens with one attached hydrogen (secondary N) is 1. The maximum Gasteiger partial charge on any atom is 0.328 e. The lowest BCUT2D eigenvalue weighted by Gasteiger charge is -2.38. The number of rotatable bonds is 6. The van der Waals surface area contributed by atoms with Crippen LogP contribution in [-0.2, 0) is 19.7 Å². The SMILES string of the molecule is COc1ccc(C2(CNC(=O)C=CC(=O)O)CCOCC2)cc1. The summed E-state index contributed by atoms with van der Waals surface area (Å²) in [4.78, 5) is 22.2. The molecule has 0 unspecified atom stereocenters. The maximum absolute atomic E-state index is 11.8. The summed E-state index contributed by atoms with van der Waals surface area (Å²) in [7, 11) is 1.62. The van der Waals surface area contributed by atoms with Gasteiger partial charge in [0.25, 0.3) is 0 Å². The van der Waals surface area contributed by atoms with Gasteiger partial charge in [-0.25, -0.2) is 4.79 Å². The van der Waals surface area contributed by atoms with Crippen molar-refractivity contribution in [1.29, 1.82) is 0 Å². The standard InChI is InChI=1S/C17H21NO5/c1-22-14-4-2-13(3-5-14)17(8-10-23-11-9-17)12-18-15(19)6-7-16(20)21/h2-7H,8-12H2,1H3,(H,18,19)(H,20,21). The Morgan fingerprint density at radius 2 is 1.91 bits per heavy atom. The second-order valence-corrected chi connectivity index (χ2v) is 5.51. The Morgan fingerprint density at radius 1 is 1.26 bits per heavy atom. The van der Waals surface area contributed by atoms with Crippen LogP contribution in [0.25, 0.3) is 0 Å². The fourth-order valence-corrected chi connectivity index (χ4v) is 2.74. The molecule has 1 amide bonds. The second kappa shape index (κ2) is 7.78. The molecule has 1 heterocycles. The van der Waals surface area contributed by atoms with Crippen LogP contribution in [-0.4, -0.2) is 43.9 Å². The van der Waals surface area contributed by atoms with Gasteiger partial charge in [0.05, 0.1) is 7.11 Å². The largest absolute Gasteiger partial charge is 0.497 e. The minimum absolute atomic E-state index is 0.211. The van der Waals surface area contributed by atoms with Crippen LogP contribution < -0.4 is 10.1 Å². The van der Waals surface area contributed by atoms with Crippen LogP contribution >= 0.6 is 0 Å². The van der Waals surface area contributed by atoms with Crippen molar-refractivity contribution in [3.8, 4) is 5.75 Å². The van der Waals surface area contributed by atoms with Crippen LogP contribution in [0.2, 0.25) is 0 Å². The van der Waals surface area contributed by atoms with Crippen molar-refractivity contribution in [3.63, 3.8) is 0 Å². The van der Waals surface area contributed by atoms with E-state index in [1.807, 2.05) is 24.3 Å². The Morgan fingerprint density at radius 3 is 2.48 bits per heavy atom. The number of hydrogen-bond acceptors (Lipinski definition) is 4. The first kappa shape index (κ1) is 17.0. The predicted molar refractivity (Wildman–Crippen MR) is 84.5 cm³/mol. The molecule has 1 aromatic rings. The molecule has 2 N–H and O–H groups in total. The molecule has 1 aromatic carbocycles. The summed E-state index contributed by atoms with van der Waals surface area (Å²) in [6.45, 7) is 1.70. The lowest BCUT2D eigenvalue weighted by atomic mass is 9.74. The molecule has 2 rings (SSSR count). The number of hydrogen-bond donors (Lipinski definition) is 2. The molecule has 1 aliphatic heterocycles. The number of carboxylic acid groups (broad SMARTS) is 1. The summed E-state index contributed by atoms with van der Waals surface area (Å²) in [6.07, 6.45) is 3.45. The summed E-state index contributed by atoms with van der Waals surface area (Å²) in [5, 5.41) is 11.4. The third kappa shape index (κ3) is 4.56. The molecule has 1 aliphatic rings. The van der Waals surface area contributed by atoms with Gasteiger partial charge in [0.2, 0.25) is 5.91 Å². The molecule has 124 valence electrons. The predicted octanol–water partition coefficient (Wildman–Crippen LogP) is 1.50. The average Bonchev–Trinajstić information content (AvgIpc) is 2.59. The number of carboxylic acids is 1. The molecular weight excluding hydrogens is 298 g/mol. The molecule has 23 heavy (non-hydrogen) atoms. The lowest BCUT2D eigenvalue weighted by Crippen LogP contribution is -2.44. The first-order valence-corrected chi connectivity index (χ1v) is 7.47. The van der Waals surface area contributed by atoms with Crippen LogP contribution in [0.15, 0.2) is 36.4 Å². The molecule has 6 nitrogen and oxygen atoms in total. The van der Waals surface area contributed by atoms with Gasteiger partial charge in [0.1, 0.15) is 5.75 Å². The Hall–Kier alpha value is -2.34. The summed E-state index contributed by atoms with van der Waals surface area (Å²) < 4.78 is 10.6. The van der Waals surface area contributed by atoms with Crippen molar-refractivity contribution in [2.24, 2.45) is 0 Å². The number of amides is 1. The molecule has 0 spiro atoms. The minimum Gasteiger partial charge on any atom is -0.497 e. The fraction of sp³-hybridized carbons (Fsp3) is 0.412. The Kier molecular flexibility index (Phi) is 5.76. The molecule has 1 fully saturated rings. The van der Waals surface area contributed by atoms with Gasteiger partial charge in [-0.15, -0.1) is 0 Å². The highest BCUT2D eigenvalue weighted by Gasteiger charge is 2.34. The summed E-state index contributed by atoms with van der Waals surface area (Å²) in [5.41, 5.74) is 0.904. The summed E-state index contributed by atoms with van der Waals surface area (Å²) in [6, 6.07) is 7.81. The average molecular weight is 319 g/mol. The van der Waals surface area contributed by atoms with Gasteiger partial charge in [0.15, 0.2) is 0 Å². The van der Waals surface area contributed by atoms with Gasteiger partial charge >= 0.3 is 5.97 Å². The van der Waals surface area contributed by atoms with E-state index >= 15 is 0 Å². The Balaban J connectivity index is 2.12. The first-order valence-electron chi connectivity index (χ1n) is 7.47. The third-order valence-corrected chi connectivity index (χ3v) is 4.13. The van der Waals surface area contributed by atoms with Gasteiger partial charge in [-0.2, -0.15) is 0 Å². The van der Waals surface area contributed by atoms with E-state index in [-0.39, 0.29) is 5.41 Å². The third-order valence-electron chi connectivity index (χ3n) is 4.13. The number of benzene rings is 1. The highest BCUT2D eigenvalue weighted by atomic mass is 16.5. The zero-order valence-corrected chi connectivity index (χ0v) is 13.1. The molecule has 0 bridgehead atoms. The second-order valence-electron chi connectivity index (χ2n) is 5.51. The van der Waals surface area contributed by atoms with Gasteiger partial charge in [-0.1, -0.05) is 12.1 Å². The minimum atomic E-state index is -1.14. The number of ether oxygens (including phenoxy) is 2. The zero-order chi connectivity index (χ0) is 16.7. The quantitative estimate of drug-likeness (QED) is 0.776. The van der Waals surface area contributed by atoms with Gasteiger partial charge in [0, 0.05) is 37.3 Å². The van der Waals surface area contributed by atoms with E-state index in [0.717, 1.165) is 36.3 Å². The number of aliphatic carboxylic acids is 1. The first-order chi connectivity index (χ1) is 11.1. The molecule has 0 aromatic heterocycles. The molecule has 6 heteroatoms. The zero-order valence-electron chi connectivity index (χ0n) is 13.1. The van der Waals surface area contributed by atoms with E-state index in [4.69, 9.17) is 14.6 Å². The molecule has 0 aliphatic carbocycles. The van der Waals surface area contributed by atoms with Crippen molar-refractivity contribution in [3.05, 3.63) is 42.0 Å². The topological polar surface area (TPSA) is 84.9 Å².